The van der Waals surface area contributed by atoms with Crippen molar-refractivity contribution in [2.45, 2.75) is 6.10 Å². The fraction of sp³-hybridized carbons (Fsp3) is 0.133. The Balaban J connectivity index is 2.09. The molecule has 1 atom stereocenters. The van der Waals surface area contributed by atoms with E-state index in [0.717, 1.165) is 10.0 Å². The topological polar surface area (TPSA) is 56.0 Å². The molecule has 2 N–H and O–H groups in total. The van der Waals surface area contributed by atoms with Crippen molar-refractivity contribution in [1.29, 1.82) is 5.26 Å². The molecule has 0 fully saturated rings. The summed E-state index contributed by atoms with van der Waals surface area (Å²) < 4.78 is 0.912. The summed E-state index contributed by atoms with van der Waals surface area (Å²) in [6.45, 7) is 0.297. The molecule has 20 heavy (non-hydrogen) atoms. The van der Waals surface area contributed by atoms with Gasteiger partial charge in [0.05, 0.1) is 17.4 Å². The van der Waals surface area contributed by atoms with E-state index in [-0.39, 0.29) is 0 Å². The Kier molecular flexibility index (Phi) is 5.02. The maximum absolute atomic E-state index is 10.1. The number of nitrogens with one attached hydrogen (secondary N) is 1. The highest BCUT2D eigenvalue weighted by molar-refractivity contribution is 9.10. The molecule has 0 aliphatic carbocycles. The number of aliphatic hydroxyl groups excluding tert-OH is 1. The van der Waals surface area contributed by atoms with Crippen molar-refractivity contribution in [3.63, 3.8) is 0 Å². The van der Waals surface area contributed by atoms with Crippen LogP contribution in [0.25, 0.3) is 0 Å². The largest absolute Gasteiger partial charge is 0.387 e. The summed E-state index contributed by atoms with van der Waals surface area (Å²) in [5, 5.41) is 22.8. The number of halogens is 2. The molecule has 2 aromatic rings. The molecule has 0 radical (unpaired) electrons. The molecule has 2 aromatic carbocycles. The first-order valence-electron chi connectivity index (χ1n) is 5.97. The van der Waals surface area contributed by atoms with Gasteiger partial charge in [-0.3, -0.25) is 0 Å². The summed E-state index contributed by atoms with van der Waals surface area (Å²) in [6.07, 6.45) is -0.668. The van der Waals surface area contributed by atoms with Crippen molar-refractivity contribution in [2.75, 3.05) is 11.9 Å². The second-order valence-electron chi connectivity index (χ2n) is 4.25. The standard InChI is InChI=1S/C15H12BrClN2O/c16-12-3-1-2-10(6-12)15(20)9-19-14-7-13(17)5-4-11(14)8-18/h1-7,15,19-20H,9H2. The molecule has 0 amide bonds. The van der Waals surface area contributed by atoms with Gasteiger partial charge in [-0.2, -0.15) is 5.26 Å². The van der Waals surface area contributed by atoms with Crippen LogP contribution in [0.4, 0.5) is 5.69 Å². The van der Waals surface area contributed by atoms with E-state index in [1.165, 1.54) is 0 Å². The number of anilines is 1. The molecule has 0 aromatic heterocycles. The van der Waals surface area contributed by atoms with E-state index in [0.29, 0.717) is 22.8 Å². The van der Waals surface area contributed by atoms with Crippen LogP contribution in [0.5, 0.6) is 0 Å². The van der Waals surface area contributed by atoms with Crippen molar-refractivity contribution in [3.05, 3.63) is 63.1 Å². The molecule has 0 aliphatic heterocycles. The first-order chi connectivity index (χ1) is 9.60. The van der Waals surface area contributed by atoms with Crippen LogP contribution in [0.15, 0.2) is 46.9 Å². The third-order valence-corrected chi connectivity index (χ3v) is 3.55. The van der Waals surface area contributed by atoms with Gasteiger partial charge < -0.3 is 10.4 Å². The Morgan fingerprint density at radius 1 is 1.30 bits per heavy atom. The van der Waals surface area contributed by atoms with Gasteiger partial charge in [-0.25, -0.2) is 0 Å². The predicted octanol–water partition coefficient (Wildman–Crippen LogP) is 4.12. The first-order valence-corrected chi connectivity index (χ1v) is 7.14. The normalized spacial score (nSPS) is 11.7. The van der Waals surface area contributed by atoms with Gasteiger partial charge in [0.2, 0.25) is 0 Å². The quantitative estimate of drug-likeness (QED) is 0.871. The molecule has 1 unspecified atom stereocenters. The Hall–Kier alpha value is -1.54. The molecule has 0 saturated carbocycles. The van der Waals surface area contributed by atoms with Crippen molar-refractivity contribution in [2.24, 2.45) is 0 Å². The third-order valence-electron chi connectivity index (χ3n) is 2.82. The molecule has 0 aliphatic rings. The number of rotatable bonds is 4. The second-order valence-corrected chi connectivity index (χ2v) is 5.61. The predicted molar refractivity (Wildman–Crippen MR) is 83.8 cm³/mol. The summed E-state index contributed by atoms with van der Waals surface area (Å²) in [5.41, 5.74) is 1.91. The van der Waals surface area contributed by atoms with E-state index in [2.05, 4.69) is 27.3 Å². The van der Waals surface area contributed by atoms with E-state index >= 15 is 0 Å². The minimum atomic E-state index is -0.668. The summed E-state index contributed by atoms with van der Waals surface area (Å²) >= 11 is 9.28. The SMILES string of the molecule is N#Cc1ccc(Cl)cc1NCC(O)c1cccc(Br)c1. The summed E-state index contributed by atoms with van der Waals surface area (Å²) in [7, 11) is 0. The van der Waals surface area contributed by atoms with Gasteiger partial charge in [-0.1, -0.05) is 39.7 Å². The molecule has 102 valence electrons. The number of hydrogen-bond donors (Lipinski definition) is 2. The van der Waals surface area contributed by atoms with Crippen molar-refractivity contribution in [3.8, 4) is 6.07 Å². The van der Waals surface area contributed by atoms with E-state index in [9.17, 15) is 5.11 Å². The Morgan fingerprint density at radius 2 is 2.10 bits per heavy atom. The van der Waals surface area contributed by atoms with E-state index < -0.39 is 6.10 Å². The molecule has 2 rings (SSSR count). The first kappa shape index (κ1) is 14.9. The molecular formula is C15H12BrClN2O. The lowest BCUT2D eigenvalue weighted by molar-refractivity contribution is 0.191. The molecule has 5 heteroatoms. The van der Waals surface area contributed by atoms with Crippen LogP contribution in [0.2, 0.25) is 5.02 Å². The molecule has 0 bridgehead atoms. The number of nitrogens with zero attached hydrogens (tertiary/aromatic N) is 1. The molecule has 0 spiro atoms. The zero-order valence-electron chi connectivity index (χ0n) is 10.5. The highest BCUT2D eigenvalue weighted by Crippen LogP contribution is 2.23. The number of aliphatic hydroxyl groups is 1. The van der Waals surface area contributed by atoms with Crippen LogP contribution in [0, 0.1) is 11.3 Å². The minimum absolute atomic E-state index is 0.297. The number of nitriles is 1. The Morgan fingerprint density at radius 3 is 2.80 bits per heavy atom. The monoisotopic (exact) mass is 350 g/mol. The lowest BCUT2D eigenvalue weighted by atomic mass is 10.1. The van der Waals surface area contributed by atoms with E-state index in [1.807, 2.05) is 24.3 Å². The fourth-order valence-electron chi connectivity index (χ4n) is 1.80. The zero-order chi connectivity index (χ0) is 14.5. The van der Waals surface area contributed by atoms with E-state index in [4.69, 9.17) is 16.9 Å². The average Bonchev–Trinajstić information content (AvgIpc) is 2.45. The second kappa shape index (κ2) is 6.76. The van der Waals surface area contributed by atoms with Crippen molar-refractivity contribution < 1.29 is 5.11 Å². The van der Waals surface area contributed by atoms with Crippen LogP contribution in [0.3, 0.4) is 0 Å². The molecule has 0 heterocycles. The van der Waals surface area contributed by atoms with Gasteiger partial charge in [0, 0.05) is 16.0 Å². The molecular weight excluding hydrogens is 340 g/mol. The summed E-state index contributed by atoms with van der Waals surface area (Å²) in [6, 6.07) is 14.5. The van der Waals surface area contributed by atoms with E-state index in [1.54, 1.807) is 18.2 Å². The fourth-order valence-corrected chi connectivity index (χ4v) is 2.39. The van der Waals surface area contributed by atoms with Gasteiger partial charge >= 0.3 is 0 Å². The van der Waals surface area contributed by atoms with Crippen LogP contribution >= 0.6 is 27.5 Å². The number of hydrogen-bond acceptors (Lipinski definition) is 3. The zero-order valence-corrected chi connectivity index (χ0v) is 12.8. The smallest absolute Gasteiger partial charge is 0.101 e. The lowest BCUT2D eigenvalue weighted by Gasteiger charge is -2.14. The Bertz CT molecular complexity index is 655. The van der Waals surface area contributed by atoms with Gasteiger partial charge in [0.25, 0.3) is 0 Å². The molecule has 0 saturated heterocycles. The summed E-state index contributed by atoms with van der Waals surface area (Å²) in [4.78, 5) is 0. The maximum atomic E-state index is 10.1. The van der Waals surface area contributed by atoms with Gasteiger partial charge in [0.1, 0.15) is 6.07 Å². The lowest BCUT2D eigenvalue weighted by Crippen LogP contribution is -2.12. The maximum Gasteiger partial charge on any atom is 0.101 e. The minimum Gasteiger partial charge on any atom is -0.387 e. The summed E-state index contributed by atoms with van der Waals surface area (Å²) in [5.74, 6) is 0. The Labute approximate surface area is 130 Å². The average molecular weight is 352 g/mol. The van der Waals surface area contributed by atoms with Crippen LogP contribution in [-0.4, -0.2) is 11.7 Å². The number of benzene rings is 2. The van der Waals surface area contributed by atoms with Gasteiger partial charge in [-0.05, 0) is 35.9 Å². The highest BCUT2D eigenvalue weighted by atomic mass is 79.9. The van der Waals surface area contributed by atoms with Gasteiger partial charge in [0.15, 0.2) is 0 Å². The van der Waals surface area contributed by atoms with Gasteiger partial charge in [-0.15, -0.1) is 0 Å². The molecule has 3 nitrogen and oxygen atoms in total. The van der Waals surface area contributed by atoms with Crippen LogP contribution in [-0.2, 0) is 0 Å². The third kappa shape index (κ3) is 3.73. The van der Waals surface area contributed by atoms with Crippen LogP contribution in [0.1, 0.15) is 17.2 Å². The van der Waals surface area contributed by atoms with Crippen molar-refractivity contribution >= 4 is 33.2 Å². The van der Waals surface area contributed by atoms with Crippen molar-refractivity contribution in [1.82, 2.24) is 0 Å². The van der Waals surface area contributed by atoms with Crippen LogP contribution < -0.4 is 5.32 Å². The highest BCUT2D eigenvalue weighted by Gasteiger charge is 2.09.